The van der Waals surface area contributed by atoms with E-state index in [1.807, 2.05) is 30.8 Å². The Morgan fingerprint density at radius 1 is 1.44 bits per heavy atom. The van der Waals surface area contributed by atoms with E-state index >= 15 is 0 Å². The van der Waals surface area contributed by atoms with E-state index in [-0.39, 0.29) is 11.7 Å². The van der Waals surface area contributed by atoms with E-state index in [4.69, 9.17) is 5.73 Å². The van der Waals surface area contributed by atoms with Crippen LogP contribution in [0.2, 0.25) is 0 Å². The van der Waals surface area contributed by atoms with E-state index in [0.717, 1.165) is 19.5 Å². The van der Waals surface area contributed by atoms with Crippen LogP contribution in [0.4, 0.5) is 0 Å². The highest BCUT2D eigenvalue weighted by Crippen LogP contribution is 2.49. The summed E-state index contributed by atoms with van der Waals surface area (Å²) in [6.07, 6.45) is 7.24. The molecule has 0 bridgehead atoms. The predicted octanol–water partition coefficient (Wildman–Crippen LogP) is 1.36. The van der Waals surface area contributed by atoms with Gasteiger partial charge in [0.2, 0.25) is 0 Å². The SMILES string of the molecule is CC(C)n1ccn(CC2(CCN)CC2)c1=O. The lowest BCUT2D eigenvalue weighted by atomic mass is 10.0. The molecule has 16 heavy (non-hydrogen) atoms. The van der Waals surface area contributed by atoms with Gasteiger partial charge >= 0.3 is 5.69 Å². The van der Waals surface area contributed by atoms with Crippen LogP contribution < -0.4 is 11.4 Å². The second kappa shape index (κ2) is 4.09. The highest BCUT2D eigenvalue weighted by Gasteiger charge is 2.42. The van der Waals surface area contributed by atoms with Crippen molar-refractivity contribution in [2.24, 2.45) is 11.1 Å². The number of aromatic nitrogens is 2. The molecule has 0 radical (unpaired) electrons. The summed E-state index contributed by atoms with van der Waals surface area (Å²) in [6, 6.07) is 0.235. The predicted molar refractivity (Wildman–Crippen MR) is 64.4 cm³/mol. The molecule has 1 saturated carbocycles. The maximum absolute atomic E-state index is 12.0. The Morgan fingerprint density at radius 2 is 2.12 bits per heavy atom. The van der Waals surface area contributed by atoms with Crippen LogP contribution in [0.1, 0.15) is 39.2 Å². The van der Waals surface area contributed by atoms with Crippen molar-refractivity contribution in [1.29, 1.82) is 0 Å². The number of nitrogens with two attached hydrogens (primary N) is 1. The number of hydrogen-bond acceptors (Lipinski definition) is 2. The molecular formula is C12H21N3O. The molecule has 2 rings (SSSR count). The van der Waals surface area contributed by atoms with Gasteiger partial charge in [-0.25, -0.2) is 4.79 Å². The topological polar surface area (TPSA) is 52.9 Å². The zero-order valence-corrected chi connectivity index (χ0v) is 10.1. The van der Waals surface area contributed by atoms with Crippen LogP contribution in [0.15, 0.2) is 17.2 Å². The first-order chi connectivity index (χ1) is 7.58. The highest BCUT2D eigenvalue weighted by molar-refractivity contribution is 4.95. The van der Waals surface area contributed by atoms with Gasteiger partial charge < -0.3 is 5.73 Å². The lowest BCUT2D eigenvalue weighted by molar-refractivity contribution is 0.386. The largest absolute Gasteiger partial charge is 0.330 e. The molecule has 1 heterocycles. The maximum atomic E-state index is 12.0. The fourth-order valence-corrected chi connectivity index (χ4v) is 2.27. The molecule has 1 fully saturated rings. The molecule has 0 aromatic carbocycles. The van der Waals surface area contributed by atoms with Crippen LogP contribution >= 0.6 is 0 Å². The van der Waals surface area contributed by atoms with Gasteiger partial charge in [-0.15, -0.1) is 0 Å². The number of imidazole rings is 1. The third-order valence-electron chi connectivity index (χ3n) is 3.57. The summed E-state index contributed by atoms with van der Waals surface area (Å²) in [5.74, 6) is 0. The van der Waals surface area contributed by atoms with Crippen molar-refractivity contribution in [2.75, 3.05) is 6.54 Å². The number of nitrogens with zero attached hydrogens (tertiary/aromatic N) is 2. The zero-order chi connectivity index (χ0) is 11.8. The molecule has 0 atom stereocenters. The van der Waals surface area contributed by atoms with Crippen LogP contribution in [0.25, 0.3) is 0 Å². The number of hydrogen-bond donors (Lipinski definition) is 1. The third-order valence-corrected chi connectivity index (χ3v) is 3.57. The molecule has 1 aromatic rings. The van der Waals surface area contributed by atoms with Crippen LogP contribution in [0, 0.1) is 5.41 Å². The number of rotatable bonds is 5. The fourth-order valence-electron chi connectivity index (χ4n) is 2.27. The highest BCUT2D eigenvalue weighted by atomic mass is 16.1. The smallest absolute Gasteiger partial charge is 0.328 e. The van der Waals surface area contributed by atoms with Crippen molar-refractivity contribution >= 4 is 0 Å². The molecule has 0 spiro atoms. The average Bonchev–Trinajstić information content (AvgIpc) is 2.87. The Labute approximate surface area is 96.1 Å². The summed E-state index contributed by atoms with van der Waals surface area (Å²) >= 11 is 0. The zero-order valence-electron chi connectivity index (χ0n) is 10.1. The first kappa shape index (κ1) is 11.5. The van der Waals surface area contributed by atoms with Crippen molar-refractivity contribution in [3.05, 3.63) is 22.9 Å². The molecule has 1 aliphatic carbocycles. The normalized spacial score (nSPS) is 18.0. The van der Waals surface area contributed by atoms with Crippen molar-refractivity contribution in [3.63, 3.8) is 0 Å². The Hall–Kier alpha value is -1.03. The van der Waals surface area contributed by atoms with Gasteiger partial charge in [-0.2, -0.15) is 0 Å². The van der Waals surface area contributed by atoms with E-state index in [9.17, 15) is 4.79 Å². The van der Waals surface area contributed by atoms with E-state index in [0.29, 0.717) is 5.41 Å². The molecule has 4 heteroatoms. The molecular weight excluding hydrogens is 202 g/mol. The van der Waals surface area contributed by atoms with Gasteiger partial charge in [0.25, 0.3) is 0 Å². The van der Waals surface area contributed by atoms with Crippen LogP contribution in [0.3, 0.4) is 0 Å². The average molecular weight is 223 g/mol. The van der Waals surface area contributed by atoms with Crippen molar-refractivity contribution in [3.8, 4) is 0 Å². The van der Waals surface area contributed by atoms with Gasteiger partial charge in [-0.1, -0.05) is 0 Å². The van der Waals surface area contributed by atoms with Crippen LogP contribution in [-0.2, 0) is 6.54 Å². The molecule has 4 nitrogen and oxygen atoms in total. The summed E-state index contributed by atoms with van der Waals surface area (Å²) in [5.41, 5.74) is 6.04. The molecule has 0 aliphatic heterocycles. The molecule has 0 amide bonds. The van der Waals surface area contributed by atoms with Crippen LogP contribution in [0.5, 0.6) is 0 Å². The Balaban J connectivity index is 2.14. The maximum Gasteiger partial charge on any atom is 0.328 e. The molecule has 1 aromatic heterocycles. The summed E-state index contributed by atoms with van der Waals surface area (Å²) in [7, 11) is 0. The summed E-state index contributed by atoms with van der Waals surface area (Å²) < 4.78 is 3.61. The van der Waals surface area contributed by atoms with Gasteiger partial charge in [-0.3, -0.25) is 9.13 Å². The monoisotopic (exact) mass is 223 g/mol. The van der Waals surface area contributed by atoms with Gasteiger partial charge in [0.15, 0.2) is 0 Å². The van der Waals surface area contributed by atoms with Crippen LogP contribution in [-0.4, -0.2) is 15.7 Å². The molecule has 0 saturated heterocycles. The first-order valence-electron chi connectivity index (χ1n) is 6.05. The minimum atomic E-state index is 0.110. The van der Waals surface area contributed by atoms with Crippen molar-refractivity contribution < 1.29 is 0 Å². The lowest BCUT2D eigenvalue weighted by Gasteiger charge is -2.13. The van der Waals surface area contributed by atoms with Crippen molar-refractivity contribution in [1.82, 2.24) is 9.13 Å². The van der Waals surface area contributed by atoms with Crippen molar-refractivity contribution in [2.45, 2.75) is 45.7 Å². The standard InChI is InChI=1S/C12H21N3O/c1-10(2)15-8-7-14(11(15)16)9-12(3-4-12)5-6-13/h7-8,10H,3-6,9,13H2,1-2H3. The van der Waals surface area contributed by atoms with E-state index in [2.05, 4.69) is 0 Å². The third kappa shape index (κ3) is 2.07. The Morgan fingerprint density at radius 3 is 2.56 bits per heavy atom. The van der Waals surface area contributed by atoms with Gasteiger partial charge in [0, 0.05) is 25.0 Å². The van der Waals surface area contributed by atoms with E-state index < -0.39 is 0 Å². The fraction of sp³-hybridized carbons (Fsp3) is 0.750. The minimum Gasteiger partial charge on any atom is -0.330 e. The van der Waals surface area contributed by atoms with Gasteiger partial charge in [-0.05, 0) is 45.1 Å². The first-order valence-corrected chi connectivity index (χ1v) is 6.05. The molecule has 0 unspecified atom stereocenters. The quantitative estimate of drug-likeness (QED) is 0.819. The Kier molecular flexibility index (Phi) is 2.93. The molecule has 2 N–H and O–H groups in total. The molecule has 1 aliphatic rings. The summed E-state index contributed by atoms with van der Waals surface area (Å²) in [4.78, 5) is 12.0. The summed E-state index contributed by atoms with van der Waals surface area (Å²) in [6.45, 7) is 5.61. The van der Waals surface area contributed by atoms with E-state index in [1.165, 1.54) is 12.8 Å². The van der Waals surface area contributed by atoms with Gasteiger partial charge in [0.1, 0.15) is 0 Å². The summed E-state index contributed by atoms with van der Waals surface area (Å²) in [5, 5.41) is 0. The minimum absolute atomic E-state index is 0.110. The van der Waals surface area contributed by atoms with E-state index in [1.54, 1.807) is 4.57 Å². The second-order valence-corrected chi connectivity index (χ2v) is 5.25. The second-order valence-electron chi connectivity index (χ2n) is 5.25. The lowest BCUT2D eigenvalue weighted by Crippen LogP contribution is -2.28. The Bertz CT molecular complexity index is 412. The van der Waals surface area contributed by atoms with Gasteiger partial charge in [0.05, 0.1) is 0 Å². The molecule has 90 valence electrons.